The Morgan fingerprint density at radius 3 is 2.56 bits per heavy atom. The predicted molar refractivity (Wildman–Crippen MR) is 109 cm³/mol. The number of halogens is 1. The lowest BCUT2D eigenvalue weighted by Gasteiger charge is -2.62. The first kappa shape index (κ1) is 21.4. The fourth-order valence-corrected chi connectivity index (χ4v) is 7.91. The van der Waals surface area contributed by atoms with Crippen molar-refractivity contribution >= 4 is 17.5 Å². The van der Waals surface area contributed by atoms with Gasteiger partial charge in [-0.3, -0.25) is 9.59 Å². The summed E-state index contributed by atoms with van der Waals surface area (Å²) in [5.74, 6) is -5.78. The number of carbonyl (C=O) groups is 3. The molecular weight excluding hydrogens is 419 g/mol. The van der Waals surface area contributed by atoms with Gasteiger partial charge in [-0.1, -0.05) is 25.5 Å². The van der Waals surface area contributed by atoms with Crippen LogP contribution in [0, 0.1) is 28.6 Å². The van der Waals surface area contributed by atoms with Gasteiger partial charge in [0.1, 0.15) is 0 Å². The van der Waals surface area contributed by atoms with Crippen molar-refractivity contribution in [2.24, 2.45) is 28.6 Å². The lowest BCUT2D eigenvalue weighted by atomic mass is 9.44. The summed E-state index contributed by atoms with van der Waals surface area (Å²) in [7, 11) is 0. The first-order chi connectivity index (χ1) is 14.8. The Hall–Kier alpha value is -2.48. The smallest absolute Gasteiger partial charge is 0.375 e. The summed E-state index contributed by atoms with van der Waals surface area (Å²) in [5.41, 5.74) is -5.31. The third-order valence-corrected chi connectivity index (χ3v) is 9.41. The molecule has 1 heterocycles. The molecule has 5 rings (SSSR count). The molecular formula is C24H27FO7. The maximum absolute atomic E-state index is 17.1. The van der Waals surface area contributed by atoms with Crippen molar-refractivity contribution in [3.63, 3.8) is 0 Å². The zero-order valence-corrected chi connectivity index (χ0v) is 18.2. The molecule has 1 aliphatic heterocycles. The van der Waals surface area contributed by atoms with Crippen LogP contribution in [0.5, 0.6) is 0 Å². The molecule has 8 heteroatoms. The van der Waals surface area contributed by atoms with Crippen LogP contribution in [-0.2, 0) is 19.1 Å². The summed E-state index contributed by atoms with van der Waals surface area (Å²) in [6, 6.07) is 0. The molecule has 0 aromatic rings. The molecule has 5 aliphatic rings. The minimum absolute atomic E-state index is 0.133. The molecule has 172 valence electrons. The van der Waals surface area contributed by atoms with E-state index in [1.54, 1.807) is 26.8 Å². The number of allylic oxidation sites excluding steroid dienone is 4. The number of fused-ring (bicyclic) bond motifs is 6. The molecule has 0 aromatic heterocycles. The normalized spacial score (nSPS) is 49.5. The second-order valence-electron chi connectivity index (χ2n) is 10.6. The predicted octanol–water partition coefficient (Wildman–Crippen LogP) is 2.80. The van der Waals surface area contributed by atoms with Crippen molar-refractivity contribution in [3.05, 3.63) is 35.3 Å². The van der Waals surface area contributed by atoms with Crippen molar-refractivity contribution in [1.82, 2.24) is 0 Å². The Morgan fingerprint density at radius 2 is 1.94 bits per heavy atom. The van der Waals surface area contributed by atoms with Gasteiger partial charge in [-0.15, -0.1) is 0 Å². The van der Waals surface area contributed by atoms with Gasteiger partial charge in [0.15, 0.2) is 17.1 Å². The highest BCUT2D eigenvalue weighted by atomic mass is 19.1. The minimum Gasteiger partial charge on any atom is -0.501 e. The zero-order valence-electron chi connectivity index (χ0n) is 18.2. The van der Waals surface area contributed by atoms with E-state index in [9.17, 15) is 29.7 Å². The van der Waals surface area contributed by atoms with Gasteiger partial charge in [0.25, 0.3) is 5.76 Å². The van der Waals surface area contributed by atoms with E-state index in [1.165, 1.54) is 12.2 Å². The number of ketones is 2. The van der Waals surface area contributed by atoms with Gasteiger partial charge in [0, 0.05) is 22.7 Å². The third-order valence-electron chi connectivity index (χ3n) is 9.41. The average Bonchev–Trinajstić information content (AvgIpc) is 3.11. The van der Waals surface area contributed by atoms with E-state index in [0.29, 0.717) is 24.8 Å². The molecule has 7 nitrogen and oxygen atoms in total. The van der Waals surface area contributed by atoms with Gasteiger partial charge in [0.05, 0.1) is 6.10 Å². The Morgan fingerprint density at radius 1 is 1.25 bits per heavy atom. The molecule has 1 spiro atoms. The molecule has 0 bridgehead atoms. The summed E-state index contributed by atoms with van der Waals surface area (Å²) in [4.78, 5) is 36.8. The lowest BCUT2D eigenvalue weighted by Crippen LogP contribution is -2.69. The fraction of sp³-hybridized carbons (Fsp3) is 0.625. The number of carboxylic acids is 1. The van der Waals surface area contributed by atoms with Gasteiger partial charge in [-0.2, -0.15) is 0 Å². The van der Waals surface area contributed by atoms with E-state index in [0.717, 1.165) is 0 Å². The van der Waals surface area contributed by atoms with Crippen LogP contribution in [0.15, 0.2) is 35.3 Å². The largest absolute Gasteiger partial charge is 0.501 e. The Kier molecular flexibility index (Phi) is 4.07. The second-order valence-corrected chi connectivity index (χ2v) is 10.6. The van der Waals surface area contributed by atoms with E-state index in [4.69, 9.17) is 4.74 Å². The first-order valence-electron chi connectivity index (χ1n) is 11.1. The lowest BCUT2D eigenvalue weighted by molar-refractivity contribution is -0.218. The molecule has 0 amide bonds. The topological polar surface area (TPSA) is 121 Å². The molecule has 32 heavy (non-hydrogen) atoms. The summed E-state index contributed by atoms with van der Waals surface area (Å²) in [5, 5.41) is 31.0. The van der Waals surface area contributed by atoms with Crippen molar-refractivity contribution in [1.29, 1.82) is 0 Å². The number of aliphatic hydroxyl groups is 2. The SMILES string of the molecule is C[C@@H]1C[C@H]2[C@@H]3CCC4=CC(=O)C=C[C@]4(C)[C@@]3(F)C(O)C[C@]2(C)[C@]12OC(C(=O)O)=C(O)C2=O. The second kappa shape index (κ2) is 6.10. The summed E-state index contributed by atoms with van der Waals surface area (Å²) >= 11 is 0. The Labute approximate surface area is 184 Å². The first-order valence-corrected chi connectivity index (χ1v) is 11.1. The van der Waals surface area contributed by atoms with Gasteiger partial charge in [-0.25, -0.2) is 9.18 Å². The fourth-order valence-electron chi connectivity index (χ4n) is 7.91. The van der Waals surface area contributed by atoms with E-state index in [-0.39, 0.29) is 18.1 Å². The molecule has 8 atom stereocenters. The van der Waals surface area contributed by atoms with Crippen LogP contribution in [0.2, 0.25) is 0 Å². The molecule has 0 radical (unpaired) electrons. The molecule has 4 aliphatic carbocycles. The third kappa shape index (κ3) is 2.08. The number of alkyl halides is 1. The van der Waals surface area contributed by atoms with E-state index < -0.39 is 63.3 Å². The summed E-state index contributed by atoms with van der Waals surface area (Å²) in [6.45, 7) is 5.20. The van der Waals surface area contributed by atoms with Crippen molar-refractivity contribution < 1.29 is 38.8 Å². The number of hydrogen-bond acceptors (Lipinski definition) is 6. The van der Waals surface area contributed by atoms with Gasteiger partial charge in [0.2, 0.25) is 11.5 Å². The van der Waals surface area contributed by atoms with Crippen LogP contribution >= 0.6 is 0 Å². The Bertz CT molecular complexity index is 1060. The van der Waals surface area contributed by atoms with Gasteiger partial charge in [-0.05, 0) is 50.7 Å². The quantitative estimate of drug-likeness (QED) is 0.566. The summed E-state index contributed by atoms with van der Waals surface area (Å²) in [6.07, 6.45) is 4.02. The highest BCUT2D eigenvalue weighted by Crippen LogP contribution is 2.72. The maximum Gasteiger partial charge on any atom is 0.375 e. The molecule has 3 fully saturated rings. The van der Waals surface area contributed by atoms with E-state index >= 15 is 4.39 Å². The molecule has 3 N–H and O–H groups in total. The van der Waals surface area contributed by atoms with E-state index in [1.807, 2.05) is 0 Å². The molecule has 3 saturated carbocycles. The number of aliphatic carboxylic acids is 1. The number of ether oxygens (including phenoxy) is 1. The van der Waals surface area contributed by atoms with Gasteiger partial charge < -0.3 is 20.1 Å². The number of carbonyl (C=O) groups excluding carboxylic acids is 2. The van der Waals surface area contributed by atoms with Crippen LogP contribution in [0.4, 0.5) is 4.39 Å². The van der Waals surface area contributed by atoms with Crippen molar-refractivity contribution in [3.8, 4) is 0 Å². The highest BCUT2D eigenvalue weighted by molar-refractivity contribution is 6.09. The van der Waals surface area contributed by atoms with Crippen LogP contribution in [0.3, 0.4) is 0 Å². The molecule has 1 unspecified atom stereocenters. The van der Waals surface area contributed by atoms with Crippen molar-refractivity contribution in [2.75, 3.05) is 0 Å². The van der Waals surface area contributed by atoms with Crippen LogP contribution in [0.1, 0.15) is 46.5 Å². The number of aliphatic hydroxyl groups excluding tert-OH is 2. The monoisotopic (exact) mass is 446 g/mol. The van der Waals surface area contributed by atoms with Crippen LogP contribution < -0.4 is 0 Å². The average molecular weight is 446 g/mol. The number of Topliss-reactive ketones (excluding diaryl/α,β-unsaturated/α-hetero) is 1. The highest BCUT2D eigenvalue weighted by Gasteiger charge is 2.78. The van der Waals surface area contributed by atoms with Crippen molar-refractivity contribution in [2.45, 2.75) is 63.8 Å². The minimum atomic E-state index is -2.06. The zero-order chi connectivity index (χ0) is 23.4. The van der Waals surface area contributed by atoms with Gasteiger partial charge >= 0.3 is 5.97 Å². The van der Waals surface area contributed by atoms with E-state index in [2.05, 4.69) is 0 Å². The summed E-state index contributed by atoms with van der Waals surface area (Å²) < 4.78 is 22.9. The Balaban J connectivity index is 1.63. The number of carboxylic acid groups (broad SMARTS) is 1. The number of hydrogen-bond donors (Lipinski definition) is 3. The van der Waals surface area contributed by atoms with Crippen LogP contribution in [0.25, 0.3) is 0 Å². The molecule has 0 saturated heterocycles. The standard InChI is InChI=1S/C24H27FO7/c1-11-8-15-14-5-4-12-9-13(26)6-7-21(12,2)23(14,25)16(27)10-22(15,3)24(11)19(29)17(28)18(32-24)20(30)31/h6-7,9,11,14-16,27-28H,4-5,8,10H2,1-3H3,(H,30,31)/t11-,14+,15+,16?,21+,22+,23+,24+/m1/s1. The molecule has 0 aromatic carbocycles. The number of rotatable bonds is 1. The van der Waals surface area contributed by atoms with Crippen LogP contribution in [-0.4, -0.2) is 50.2 Å². The maximum atomic E-state index is 17.1.